The van der Waals surface area contributed by atoms with Crippen molar-refractivity contribution in [2.24, 2.45) is 7.05 Å². The van der Waals surface area contributed by atoms with Crippen LogP contribution in [-0.2, 0) is 34.1 Å². The second-order valence-electron chi connectivity index (χ2n) is 16.8. The minimum absolute atomic E-state index is 0.108. The van der Waals surface area contributed by atoms with E-state index in [2.05, 4.69) is 137 Å². The summed E-state index contributed by atoms with van der Waals surface area (Å²) in [7, 11) is 2.19. The molecular formula is C39H54N+. The molecule has 0 spiro atoms. The fraction of sp³-hybridized carbons (Fsp3) is 0.564. The zero-order valence-corrected chi connectivity index (χ0v) is 27.8. The first-order valence-corrected chi connectivity index (χ1v) is 15.6. The Balaban J connectivity index is 1.90. The summed E-state index contributed by atoms with van der Waals surface area (Å²) in [6.07, 6.45) is 7.17. The van der Waals surface area contributed by atoms with E-state index in [-0.39, 0.29) is 27.1 Å². The predicted octanol–water partition coefficient (Wildman–Crippen LogP) is 10.1. The van der Waals surface area contributed by atoms with Gasteiger partial charge in [0.25, 0.3) is 0 Å². The summed E-state index contributed by atoms with van der Waals surface area (Å²) >= 11 is 0. The number of aryl methyl sites for hydroxylation is 2. The van der Waals surface area contributed by atoms with Crippen molar-refractivity contribution in [1.82, 2.24) is 0 Å². The topological polar surface area (TPSA) is 3.88 Å². The Kier molecular flexibility index (Phi) is 6.58. The molecule has 40 heavy (non-hydrogen) atoms. The molecule has 0 unspecified atom stereocenters. The van der Waals surface area contributed by atoms with Gasteiger partial charge in [0.05, 0.1) is 0 Å². The van der Waals surface area contributed by atoms with Crippen LogP contribution < -0.4 is 4.57 Å². The number of rotatable bonds is 2. The normalized spacial score (nSPS) is 20.5. The summed E-state index contributed by atoms with van der Waals surface area (Å²) in [5.74, 6) is 0. The van der Waals surface area contributed by atoms with Gasteiger partial charge in [0, 0.05) is 17.7 Å². The van der Waals surface area contributed by atoms with Gasteiger partial charge in [-0.1, -0.05) is 94.4 Å². The van der Waals surface area contributed by atoms with Crippen LogP contribution in [0.5, 0.6) is 0 Å². The maximum atomic E-state index is 2.66. The van der Waals surface area contributed by atoms with Crippen LogP contribution in [0, 0.1) is 6.92 Å². The highest BCUT2D eigenvalue weighted by Gasteiger charge is 2.46. The maximum Gasteiger partial charge on any atom is 0.212 e. The molecule has 1 heterocycles. The molecule has 0 saturated carbocycles. The van der Waals surface area contributed by atoms with Crippen molar-refractivity contribution in [2.45, 2.75) is 136 Å². The second-order valence-corrected chi connectivity index (χ2v) is 16.8. The Morgan fingerprint density at radius 3 is 1.65 bits per heavy atom. The van der Waals surface area contributed by atoms with Crippen LogP contribution in [0.25, 0.3) is 22.4 Å². The van der Waals surface area contributed by atoms with Gasteiger partial charge in [-0.15, -0.1) is 0 Å². The highest BCUT2D eigenvalue weighted by Crippen LogP contribution is 2.57. The molecule has 0 N–H and O–H groups in total. The summed E-state index contributed by atoms with van der Waals surface area (Å²) in [5.41, 5.74) is 15.4. The zero-order chi connectivity index (χ0) is 29.6. The van der Waals surface area contributed by atoms with E-state index in [1.54, 1.807) is 27.8 Å². The third-order valence-corrected chi connectivity index (χ3v) is 10.7. The Morgan fingerprint density at radius 2 is 1.15 bits per heavy atom. The molecule has 2 aliphatic carbocycles. The monoisotopic (exact) mass is 536 g/mol. The van der Waals surface area contributed by atoms with Gasteiger partial charge in [0.15, 0.2) is 6.20 Å². The first kappa shape index (κ1) is 29.1. The minimum Gasteiger partial charge on any atom is -0.201 e. The SMILES string of the molecule is Cc1ccc(-c2c3c(cc4c2C(C)(C)CCC4(C)C)C(C)(C)CCC3(C)C)cc1-c1cc(C(C)(C)C)cc[n+]1C. The lowest BCUT2D eigenvalue weighted by Crippen LogP contribution is -2.40. The van der Waals surface area contributed by atoms with Crippen molar-refractivity contribution in [3.8, 4) is 22.4 Å². The molecule has 214 valence electrons. The van der Waals surface area contributed by atoms with Crippen molar-refractivity contribution >= 4 is 0 Å². The van der Waals surface area contributed by atoms with E-state index >= 15 is 0 Å². The number of fused-ring (bicyclic) bond motifs is 2. The number of aromatic nitrogens is 1. The summed E-state index contributed by atoms with van der Waals surface area (Å²) < 4.78 is 2.30. The molecule has 5 rings (SSSR count). The van der Waals surface area contributed by atoms with Crippen molar-refractivity contribution in [3.63, 3.8) is 0 Å². The molecule has 0 atom stereocenters. The minimum atomic E-state index is 0.108. The molecule has 1 nitrogen and oxygen atoms in total. The number of hydrogen-bond acceptors (Lipinski definition) is 0. The quantitative estimate of drug-likeness (QED) is 0.287. The molecule has 0 bridgehead atoms. The van der Waals surface area contributed by atoms with E-state index in [1.807, 2.05) is 0 Å². The predicted molar refractivity (Wildman–Crippen MR) is 172 cm³/mol. The molecule has 0 amide bonds. The van der Waals surface area contributed by atoms with Crippen molar-refractivity contribution < 1.29 is 4.57 Å². The molecule has 0 aliphatic heterocycles. The standard InChI is InChI=1S/C39H54N/c1-25-14-15-26(22-28(25)31-23-27(35(2,3)4)16-21-40(31)13)32-33-29(36(5,6)17-19-38(33,9)10)24-30-34(32)39(11,12)20-18-37(30,7)8/h14-16,21-24H,17-20H2,1-13H3/q+1. The van der Waals surface area contributed by atoms with Crippen molar-refractivity contribution in [3.05, 3.63) is 76.0 Å². The second kappa shape index (κ2) is 9.04. The molecule has 1 heteroatoms. The Hall–Kier alpha value is -2.41. The zero-order valence-electron chi connectivity index (χ0n) is 27.8. The van der Waals surface area contributed by atoms with Gasteiger partial charge in [-0.25, -0.2) is 4.57 Å². The largest absolute Gasteiger partial charge is 0.212 e. The molecule has 2 aliphatic rings. The molecule has 1 aromatic heterocycles. The first-order chi connectivity index (χ1) is 18.3. The summed E-state index contributed by atoms with van der Waals surface area (Å²) in [6, 6.07) is 14.7. The molecule has 0 saturated heterocycles. The molecule has 3 aromatic rings. The van der Waals surface area contributed by atoms with Gasteiger partial charge in [-0.2, -0.15) is 0 Å². The summed E-state index contributed by atoms with van der Waals surface area (Å²) in [5, 5.41) is 0. The van der Waals surface area contributed by atoms with E-state index in [9.17, 15) is 0 Å². The van der Waals surface area contributed by atoms with Crippen LogP contribution in [0.1, 0.15) is 135 Å². The number of hydrogen-bond donors (Lipinski definition) is 0. The molecule has 2 aromatic carbocycles. The lowest BCUT2D eigenvalue weighted by atomic mass is 9.55. The number of pyridine rings is 1. The third kappa shape index (κ3) is 4.66. The highest BCUT2D eigenvalue weighted by molar-refractivity contribution is 5.82. The van der Waals surface area contributed by atoms with Crippen LogP contribution in [0.2, 0.25) is 0 Å². The fourth-order valence-corrected chi connectivity index (χ4v) is 7.57. The van der Waals surface area contributed by atoms with Crippen LogP contribution in [0.4, 0.5) is 0 Å². The molecule has 0 radical (unpaired) electrons. The van der Waals surface area contributed by atoms with Crippen molar-refractivity contribution in [2.75, 3.05) is 0 Å². The van der Waals surface area contributed by atoms with E-state index in [4.69, 9.17) is 0 Å². The van der Waals surface area contributed by atoms with Crippen LogP contribution in [0.15, 0.2) is 42.6 Å². The average Bonchev–Trinajstić information content (AvgIpc) is 2.84. The lowest BCUT2D eigenvalue weighted by Gasteiger charge is -2.49. The summed E-state index contributed by atoms with van der Waals surface area (Å²) in [4.78, 5) is 0. The van der Waals surface area contributed by atoms with Crippen LogP contribution in [-0.4, -0.2) is 0 Å². The first-order valence-electron chi connectivity index (χ1n) is 15.6. The maximum absolute atomic E-state index is 2.66. The Labute approximate surface area is 245 Å². The third-order valence-electron chi connectivity index (χ3n) is 10.7. The van der Waals surface area contributed by atoms with E-state index in [0.717, 1.165) is 0 Å². The molecule has 0 fully saturated rings. The summed E-state index contributed by atoms with van der Waals surface area (Å²) in [6.45, 7) is 29.1. The smallest absolute Gasteiger partial charge is 0.201 e. The van der Waals surface area contributed by atoms with Gasteiger partial charge in [-0.3, -0.25) is 0 Å². The highest BCUT2D eigenvalue weighted by atomic mass is 14.9. The van der Waals surface area contributed by atoms with Gasteiger partial charge in [-0.05, 0) is 110 Å². The van der Waals surface area contributed by atoms with Crippen molar-refractivity contribution in [1.29, 1.82) is 0 Å². The van der Waals surface area contributed by atoms with E-state index in [1.165, 1.54) is 53.6 Å². The van der Waals surface area contributed by atoms with Gasteiger partial charge in [0.1, 0.15) is 7.05 Å². The fourth-order valence-electron chi connectivity index (χ4n) is 7.57. The Bertz CT molecular complexity index is 1430. The van der Waals surface area contributed by atoms with Gasteiger partial charge >= 0.3 is 0 Å². The van der Waals surface area contributed by atoms with Gasteiger partial charge < -0.3 is 0 Å². The Morgan fingerprint density at radius 1 is 0.650 bits per heavy atom. The van der Waals surface area contributed by atoms with Gasteiger partial charge in [0.2, 0.25) is 5.69 Å². The van der Waals surface area contributed by atoms with E-state index in [0.29, 0.717) is 0 Å². The van der Waals surface area contributed by atoms with Crippen LogP contribution >= 0.6 is 0 Å². The molecular weight excluding hydrogens is 482 g/mol. The lowest BCUT2D eigenvalue weighted by molar-refractivity contribution is -0.660. The van der Waals surface area contributed by atoms with E-state index < -0.39 is 0 Å². The number of benzene rings is 2. The number of nitrogens with zero attached hydrogens (tertiary/aromatic N) is 1. The van der Waals surface area contributed by atoms with Crippen LogP contribution in [0.3, 0.4) is 0 Å². The average molecular weight is 537 g/mol.